The maximum Gasteiger partial charge on any atom is 0.418 e. The van der Waals surface area contributed by atoms with Crippen LogP contribution in [0, 0.1) is 25.6 Å². The summed E-state index contributed by atoms with van der Waals surface area (Å²) in [5.74, 6) is -1.52. The molecular formula is C25H26F4N4O2. The van der Waals surface area contributed by atoms with Gasteiger partial charge in [0, 0.05) is 29.1 Å². The first kappa shape index (κ1) is 25.9. The van der Waals surface area contributed by atoms with Crippen molar-refractivity contribution >= 4 is 23.2 Å². The summed E-state index contributed by atoms with van der Waals surface area (Å²) in [6, 6.07) is 7.67. The molecule has 0 aliphatic heterocycles. The molecule has 3 aromatic rings. The van der Waals surface area contributed by atoms with Gasteiger partial charge in [0.1, 0.15) is 5.82 Å². The summed E-state index contributed by atoms with van der Waals surface area (Å²) in [6.07, 6.45) is -4.91. The highest BCUT2D eigenvalue weighted by Crippen LogP contribution is 2.37. The number of hydrogen-bond donors (Lipinski definition) is 2. The number of hydrogen-bond acceptors (Lipinski definition) is 3. The lowest BCUT2D eigenvalue weighted by atomic mass is 10.1. The lowest BCUT2D eigenvalue weighted by Crippen LogP contribution is -2.20. The van der Waals surface area contributed by atoms with Gasteiger partial charge in [0.05, 0.1) is 23.4 Å². The maximum atomic E-state index is 13.7. The summed E-state index contributed by atoms with van der Waals surface area (Å²) >= 11 is 0. The molecular weight excluding hydrogens is 464 g/mol. The summed E-state index contributed by atoms with van der Waals surface area (Å²) in [5, 5.41) is 9.13. The Morgan fingerprint density at radius 3 is 2.29 bits per heavy atom. The second kappa shape index (κ2) is 10.3. The molecule has 0 radical (unpaired) electrons. The highest BCUT2D eigenvalue weighted by atomic mass is 19.4. The topological polar surface area (TPSA) is 76.0 Å². The molecule has 3 rings (SSSR count). The molecule has 0 atom stereocenters. The van der Waals surface area contributed by atoms with Gasteiger partial charge in [-0.15, -0.1) is 0 Å². The minimum Gasteiger partial charge on any atom is -0.325 e. The van der Waals surface area contributed by atoms with E-state index in [1.807, 2.05) is 20.8 Å². The smallest absolute Gasteiger partial charge is 0.325 e. The van der Waals surface area contributed by atoms with Gasteiger partial charge in [-0.25, -0.2) is 4.39 Å². The zero-order valence-corrected chi connectivity index (χ0v) is 19.8. The molecule has 0 aliphatic carbocycles. The van der Waals surface area contributed by atoms with Crippen molar-refractivity contribution in [3.8, 4) is 0 Å². The predicted molar refractivity (Wildman–Crippen MR) is 125 cm³/mol. The molecule has 6 nitrogen and oxygen atoms in total. The van der Waals surface area contributed by atoms with Crippen LogP contribution in [-0.4, -0.2) is 21.6 Å². The van der Waals surface area contributed by atoms with E-state index in [1.165, 1.54) is 18.2 Å². The van der Waals surface area contributed by atoms with Gasteiger partial charge in [0.25, 0.3) is 5.91 Å². The van der Waals surface area contributed by atoms with Gasteiger partial charge < -0.3 is 10.6 Å². The third-order valence-corrected chi connectivity index (χ3v) is 5.37. The average molecular weight is 491 g/mol. The molecule has 0 unspecified atom stereocenters. The first-order valence-corrected chi connectivity index (χ1v) is 11.0. The molecule has 0 aliphatic rings. The van der Waals surface area contributed by atoms with E-state index >= 15 is 0 Å². The third-order valence-electron chi connectivity index (χ3n) is 5.37. The summed E-state index contributed by atoms with van der Waals surface area (Å²) in [7, 11) is 0. The van der Waals surface area contributed by atoms with Crippen LogP contribution in [0.3, 0.4) is 0 Å². The van der Waals surface area contributed by atoms with Gasteiger partial charge in [0.2, 0.25) is 5.91 Å². The number of carbonyl (C=O) groups is 2. The minimum absolute atomic E-state index is 0.0843. The van der Waals surface area contributed by atoms with E-state index in [4.69, 9.17) is 0 Å². The molecule has 2 N–H and O–H groups in total. The minimum atomic E-state index is -4.78. The van der Waals surface area contributed by atoms with E-state index in [9.17, 15) is 27.2 Å². The molecule has 2 amide bonds. The second-order valence-electron chi connectivity index (χ2n) is 8.67. The number of anilines is 2. The zero-order valence-electron chi connectivity index (χ0n) is 19.8. The summed E-state index contributed by atoms with van der Waals surface area (Å²) in [4.78, 5) is 24.9. The van der Waals surface area contributed by atoms with Crippen LogP contribution in [0.5, 0.6) is 0 Å². The van der Waals surface area contributed by atoms with Crippen molar-refractivity contribution in [3.63, 3.8) is 0 Å². The number of alkyl halides is 3. The summed E-state index contributed by atoms with van der Waals surface area (Å²) in [5.41, 5.74) is 0.542. The van der Waals surface area contributed by atoms with Crippen LogP contribution < -0.4 is 10.6 Å². The number of nitrogens with zero attached hydrogens (tertiary/aromatic N) is 2. The first-order valence-electron chi connectivity index (χ1n) is 11.0. The fourth-order valence-electron chi connectivity index (χ4n) is 3.64. The number of carbonyl (C=O) groups excluding carboxylic acids is 2. The molecule has 0 fully saturated rings. The lowest BCUT2D eigenvalue weighted by molar-refractivity contribution is -0.136. The standard InChI is InChI=1S/C25H26F4N4O2/c1-14(2)13-33-16(4)20(15(3)32-33)12-23(34)31-22-10-9-19(11-21(22)25(27,28)29)30-24(35)17-5-7-18(26)8-6-17/h5-11,14H,12-13H2,1-4H3,(H,30,35)(H,31,34). The zero-order chi connectivity index (χ0) is 25.9. The van der Waals surface area contributed by atoms with Gasteiger partial charge in [-0.05, 0) is 62.2 Å². The highest BCUT2D eigenvalue weighted by molar-refractivity contribution is 6.04. The Morgan fingerprint density at radius 2 is 1.69 bits per heavy atom. The van der Waals surface area contributed by atoms with Crippen LogP contribution >= 0.6 is 0 Å². The molecule has 0 saturated carbocycles. The van der Waals surface area contributed by atoms with Gasteiger partial charge in [-0.2, -0.15) is 18.3 Å². The highest BCUT2D eigenvalue weighted by Gasteiger charge is 2.34. The summed E-state index contributed by atoms with van der Waals surface area (Å²) in [6.45, 7) is 8.31. The van der Waals surface area contributed by atoms with Crippen molar-refractivity contribution in [3.05, 3.63) is 76.4 Å². The Hall–Kier alpha value is -3.69. The van der Waals surface area contributed by atoms with Crippen LogP contribution in [-0.2, 0) is 23.9 Å². The number of aromatic nitrogens is 2. The van der Waals surface area contributed by atoms with E-state index in [1.54, 1.807) is 11.6 Å². The quantitative estimate of drug-likeness (QED) is 0.414. The Balaban J connectivity index is 1.79. The fraction of sp³-hybridized carbons (Fsp3) is 0.320. The van der Waals surface area contributed by atoms with Crippen LogP contribution in [0.15, 0.2) is 42.5 Å². The Labute approximate surface area is 200 Å². The Kier molecular flexibility index (Phi) is 7.62. The Morgan fingerprint density at radius 1 is 1.03 bits per heavy atom. The van der Waals surface area contributed by atoms with E-state index in [-0.39, 0.29) is 17.7 Å². The van der Waals surface area contributed by atoms with Gasteiger partial charge >= 0.3 is 6.18 Å². The first-order chi connectivity index (χ1) is 16.3. The third kappa shape index (κ3) is 6.46. The number of benzene rings is 2. The van der Waals surface area contributed by atoms with Crippen LogP contribution in [0.1, 0.15) is 46.7 Å². The second-order valence-corrected chi connectivity index (χ2v) is 8.67. The number of nitrogens with one attached hydrogen (secondary N) is 2. The molecule has 0 spiro atoms. The molecule has 10 heteroatoms. The largest absolute Gasteiger partial charge is 0.418 e. The number of aryl methyl sites for hydroxylation is 1. The van der Waals surface area contributed by atoms with Crippen LogP contribution in [0.4, 0.5) is 28.9 Å². The average Bonchev–Trinajstić information content (AvgIpc) is 3.01. The number of halogens is 4. The SMILES string of the molecule is Cc1nn(CC(C)C)c(C)c1CC(=O)Nc1ccc(NC(=O)c2ccc(F)cc2)cc1C(F)(F)F. The number of amides is 2. The van der Waals surface area contributed by atoms with Crippen molar-refractivity contribution in [1.82, 2.24) is 9.78 Å². The molecule has 1 heterocycles. The normalized spacial score (nSPS) is 11.6. The van der Waals surface area contributed by atoms with Crippen LogP contribution in [0.2, 0.25) is 0 Å². The van der Waals surface area contributed by atoms with Crippen molar-refractivity contribution < 1.29 is 27.2 Å². The monoisotopic (exact) mass is 490 g/mol. The molecule has 2 aromatic carbocycles. The maximum absolute atomic E-state index is 13.7. The predicted octanol–water partition coefficient (Wildman–Crippen LogP) is 5.75. The van der Waals surface area contributed by atoms with Crippen molar-refractivity contribution in [2.24, 2.45) is 5.92 Å². The van der Waals surface area contributed by atoms with Crippen LogP contribution in [0.25, 0.3) is 0 Å². The van der Waals surface area contributed by atoms with Crippen molar-refractivity contribution in [2.75, 3.05) is 10.6 Å². The molecule has 35 heavy (non-hydrogen) atoms. The van der Waals surface area contributed by atoms with Gasteiger partial charge in [-0.3, -0.25) is 14.3 Å². The van der Waals surface area contributed by atoms with E-state index in [0.717, 1.165) is 30.0 Å². The summed E-state index contributed by atoms with van der Waals surface area (Å²) < 4.78 is 56.1. The number of rotatable bonds is 7. The van der Waals surface area contributed by atoms with E-state index in [2.05, 4.69) is 15.7 Å². The molecule has 0 bridgehead atoms. The van der Waals surface area contributed by atoms with Crippen molar-refractivity contribution in [1.29, 1.82) is 0 Å². The fourth-order valence-corrected chi connectivity index (χ4v) is 3.64. The van der Waals surface area contributed by atoms with E-state index in [0.29, 0.717) is 23.7 Å². The lowest BCUT2D eigenvalue weighted by Gasteiger charge is -2.16. The van der Waals surface area contributed by atoms with E-state index < -0.39 is 35.1 Å². The Bertz CT molecular complexity index is 1230. The molecule has 186 valence electrons. The van der Waals surface area contributed by atoms with Gasteiger partial charge in [-0.1, -0.05) is 13.8 Å². The van der Waals surface area contributed by atoms with Crippen molar-refractivity contribution in [2.45, 2.75) is 46.8 Å². The van der Waals surface area contributed by atoms with Gasteiger partial charge in [0.15, 0.2) is 0 Å². The molecule has 1 aromatic heterocycles. The molecule has 0 saturated heterocycles.